The molecule has 1 unspecified atom stereocenters. The van der Waals surface area contributed by atoms with Crippen molar-refractivity contribution in [2.24, 2.45) is 0 Å². The van der Waals surface area contributed by atoms with E-state index in [0.29, 0.717) is 6.61 Å². The summed E-state index contributed by atoms with van der Waals surface area (Å²) < 4.78 is 21.8. The average Bonchev–Trinajstić information content (AvgIpc) is 2.78. The van der Waals surface area contributed by atoms with Gasteiger partial charge in [0, 0.05) is 22.4 Å². The first-order chi connectivity index (χ1) is 10.2. The molecule has 0 amide bonds. The predicted octanol–water partition coefficient (Wildman–Crippen LogP) is 4.57. The molecule has 1 N–H and O–H groups in total. The molecule has 0 saturated carbocycles. The third kappa shape index (κ3) is 6.14. The predicted molar refractivity (Wildman–Crippen MR) is 104 cm³/mol. The Morgan fingerprint density at radius 3 is 2.26 bits per heavy atom. The van der Waals surface area contributed by atoms with Crippen LogP contribution in [-0.4, -0.2) is 29.2 Å². The second kappa shape index (κ2) is 7.54. The molecule has 0 bridgehead atoms. The van der Waals surface area contributed by atoms with E-state index >= 15 is 0 Å². The molecule has 7 heteroatoms. The standard InChI is InChI=1S/C16H32N2O2S2Si/c1-12-17-10-14(21-12)13(18-22(19)15(2,3)4)11-20-23(8,9)16(5,6)7/h10,13,18H,11H2,1-9H3/t13-,22?/m0/s1. The number of thiazole rings is 1. The van der Waals surface area contributed by atoms with E-state index in [1.165, 1.54) is 0 Å². The third-order valence-electron chi connectivity index (χ3n) is 4.21. The Balaban J connectivity index is 2.89. The topological polar surface area (TPSA) is 57.2 Å². The number of aryl methyl sites for hydroxylation is 1. The van der Waals surface area contributed by atoms with E-state index in [9.17, 15) is 4.55 Å². The normalized spacial score (nSPS) is 16.4. The molecule has 134 valence electrons. The lowest BCUT2D eigenvalue weighted by molar-refractivity contribution is 0.257. The van der Waals surface area contributed by atoms with Crippen molar-refractivity contribution in [1.29, 1.82) is 0 Å². The summed E-state index contributed by atoms with van der Waals surface area (Å²) >= 11 is 0.490. The van der Waals surface area contributed by atoms with Gasteiger partial charge in [-0.1, -0.05) is 20.8 Å². The molecular formula is C16H32N2O2S2Si. The van der Waals surface area contributed by atoms with Crippen molar-refractivity contribution < 1.29 is 8.98 Å². The van der Waals surface area contributed by atoms with Crippen molar-refractivity contribution in [3.8, 4) is 0 Å². The molecule has 0 aromatic carbocycles. The highest BCUT2D eigenvalue weighted by atomic mass is 32.2. The van der Waals surface area contributed by atoms with E-state index in [-0.39, 0.29) is 15.8 Å². The van der Waals surface area contributed by atoms with Gasteiger partial charge in [0.2, 0.25) is 0 Å². The van der Waals surface area contributed by atoms with Gasteiger partial charge in [-0.25, -0.2) is 4.98 Å². The van der Waals surface area contributed by atoms with Gasteiger partial charge in [-0.15, -0.1) is 16.1 Å². The monoisotopic (exact) mass is 376 g/mol. The average molecular weight is 377 g/mol. The number of hydrogen-bond acceptors (Lipinski definition) is 5. The van der Waals surface area contributed by atoms with Crippen molar-refractivity contribution in [2.45, 2.75) is 77.4 Å². The largest absolute Gasteiger partial charge is 0.598 e. The lowest BCUT2D eigenvalue weighted by Gasteiger charge is -2.37. The minimum atomic E-state index is -1.85. The number of rotatable bonds is 6. The van der Waals surface area contributed by atoms with Crippen LogP contribution in [0.2, 0.25) is 18.1 Å². The zero-order valence-corrected chi connectivity index (χ0v) is 18.6. The summed E-state index contributed by atoms with van der Waals surface area (Å²) in [5.74, 6) is 0. The minimum Gasteiger partial charge on any atom is -0.598 e. The van der Waals surface area contributed by atoms with Gasteiger partial charge in [0.25, 0.3) is 0 Å². The van der Waals surface area contributed by atoms with Crippen LogP contribution < -0.4 is 4.72 Å². The van der Waals surface area contributed by atoms with Crippen molar-refractivity contribution in [1.82, 2.24) is 9.71 Å². The molecule has 0 fully saturated rings. The highest BCUT2D eigenvalue weighted by molar-refractivity contribution is 7.90. The maximum atomic E-state index is 12.5. The quantitative estimate of drug-likeness (QED) is 0.584. The first-order valence-electron chi connectivity index (χ1n) is 7.98. The van der Waals surface area contributed by atoms with Gasteiger partial charge in [-0.3, -0.25) is 0 Å². The maximum absolute atomic E-state index is 12.5. The summed E-state index contributed by atoms with van der Waals surface area (Å²) in [7, 11) is -1.85. The number of nitrogens with one attached hydrogen (secondary N) is 1. The molecule has 0 saturated heterocycles. The highest BCUT2D eigenvalue weighted by Crippen LogP contribution is 2.37. The van der Waals surface area contributed by atoms with Gasteiger partial charge in [0.1, 0.15) is 10.8 Å². The van der Waals surface area contributed by atoms with Crippen molar-refractivity contribution in [3.63, 3.8) is 0 Å². The van der Waals surface area contributed by atoms with Crippen molar-refractivity contribution >= 4 is 31.0 Å². The first kappa shape index (κ1) is 21.1. The summed E-state index contributed by atoms with van der Waals surface area (Å²) in [6.45, 7) is 19.6. The molecule has 23 heavy (non-hydrogen) atoms. The van der Waals surface area contributed by atoms with Gasteiger partial charge < -0.3 is 8.98 Å². The Hall–Kier alpha value is 0.0769. The molecule has 1 aromatic rings. The molecule has 0 aliphatic heterocycles. The number of nitrogens with zero attached hydrogens (tertiary/aromatic N) is 1. The van der Waals surface area contributed by atoms with Crippen LogP contribution in [0.5, 0.6) is 0 Å². The van der Waals surface area contributed by atoms with Crippen LogP contribution in [0, 0.1) is 6.92 Å². The van der Waals surface area contributed by atoms with Crippen molar-refractivity contribution in [2.75, 3.05) is 6.61 Å². The second-order valence-electron chi connectivity index (χ2n) is 8.40. The number of aromatic nitrogens is 1. The lowest BCUT2D eigenvalue weighted by Crippen LogP contribution is -2.46. The summed E-state index contributed by atoms with van der Waals surface area (Å²) in [6, 6.07) is -0.0876. The zero-order chi connectivity index (χ0) is 18.1. The van der Waals surface area contributed by atoms with E-state index in [0.717, 1.165) is 9.88 Å². The van der Waals surface area contributed by atoms with Crippen LogP contribution >= 0.6 is 11.3 Å². The smallest absolute Gasteiger partial charge is 0.192 e. The van der Waals surface area contributed by atoms with E-state index in [4.69, 9.17) is 4.43 Å². The lowest BCUT2D eigenvalue weighted by atomic mass is 10.2. The van der Waals surface area contributed by atoms with Gasteiger partial charge in [0.05, 0.1) is 11.6 Å². The fourth-order valence-electron chi connectivity index (χ4n) is 1.53. The summed E-state index contributed by atoms with van der Waals surface area (Å²) in [6.07, 6.45) is 1.87. The van der Waals surface area contributed by atoms with Gasteiger partial charge in [-0.2, -0.15) is 0 Å². The van der Waals surface area contributed by atoms with Crippen LogP contribution in [0.4, 0.5) is 0 Å². The number of hydrogen-bond donors (Lipinski definition) is 1. The second-order valence-corrected chi connectivity index (χ2v) is 16.5. The molecule has 0 spiro atoms. The van der Waals surface area contributed by atoms with Crippen LogP contribution in [0.15, 0.2) is 6.20 Å². The maximum Gasteiger partial charge on any atom is 0.192 e. The summed E-state index contributed by atoms with van der Waals surface area (Å²) in [4.78, 5) is 5.42. The summed E-state index contributed by atoms with van der Waals surface area (Å²) in [5, 5.41) is 1.17. The van der Waals surface area contributed by atoms with Crippen LogP contribution in [0.25, 0.3) is 0 Å². The Labute approximate surface area is 149 Å². The van der Waals surface area contributed by atoms with E-state index in [2.05, 4.69) is 43.6 Å². The Morgan fingerprint density at radius 1 is 1.30 bits per heavy atom. The molecular weight excluding hydrogens is 344 g/mol. The van der Waals surface area contributed by atoms with Gasteiger partial charge in [0.15, 0.2) is 8.32 Å². The van der Waals surface area contributed by atoms with Crippen LogP contribution in [0.3, 0.4) is 0 Å². The molecule has 0 aliphatic carbocycles. The SMILES string of the molecule is Cc1ncc([C@H](CO[Si](C)(C)C(C)(C)C)N[S+]([O-])C(C)(C)C)s1. The Kier molecular flexibility index (Phi) is 6.92. The van der Waals surface area contributed by atoms with Crippen LogP contribution in [0.1, 0.15) is 57.5 Å². The molecule has 1 aromatic heterocycles. The van der Waals surface area contributed by atoms with E-state index in [1.807, 2.05) is 33.9 Å². The van der Waals surface area contributed by atoms with Crippen LogP contribution in [-0.2, 0) is 15.8 Å². The van der Waals surface area contributed by atoms with Gasteiger partial charge in [-0.05, 0) is 45.8 Å². The fourth-order valence-corrected chi connectivity index (χ4v) is 4.25. The molecule has 1 heterocycles. The van der Waals surface area contributed by atoms with E-state index < -0.39 is 19.7 Å². The molecule has 4 nitrogen and oxygen atoms in total. The van der Waals surface area contributed by atoms with E-state index in [1.54, 1.807) is 11.3 Å². The first-order valence-corrected chi connectivity index (χ1v) is 12.9. The molecule has 2 atom stereocenters. The van der Waals surface area contributed by atoms with Gasteiger partial charge >= 0.3 is 0 Å². The third-order valence-corrected chi connectivity index (χ3v) is 11.3. The summed E-state index contributed by atoms with van der Waals surface area (Å²) in [5.41, 5.74) is 0. The minimum absolute atomic E-state index is 0.0876. The zero-order valence-electron chi connectivity index (χ0n) is 15.9. The Morgan fingerprint density at radius 2 is 1.87 bits per heavy atom. The molecule has 0 radical (unpaired) electrons. The fraction of sp³-hybridized carbons (Fsp3) is 0.812. The van der Waals surface area contributed by atoms with Crippen molar-refractivity contribution in [3.05, 3.63) is 16.1 Å². The highest BCUT2D eigenvalue weighted by Gasteiger charge is 2.39. The molecule has 0 aliphatic rings. The molecule has 1 rings (SSSR count). The Bertz CT molecular complexity index is 507.